The Morgan fingerprint density at radius 3 is 2.61 bits per heavy atom. The molecule has 0 aliphatic carbocycles. The van der Waals surface area contributed by atoms with Gasteiger partial charge in [0.15, 0.2) is 5.82 Å². The summed E-state index contributed by atoms with van der Waals surface area (Å²) in [5, 5.41) is 15.4. The lowest BCUT2D eigenvalue weighted by atomic mass is 10.1. The molecule has 7 heteroatoms. The van der Waals surface area contributed by atoms with Crippen LogP contribution in [0.2, 0.25) is 0 Å². The summed E-state index contributed by atoms with van der Waals surface area (Å²) in [6.07, 6.45) is 0. The predicted molar refractivity (Wildman–Crippen MR) is 83.1 cm³/mol. The third kappa shape index (κ3) is 2.71. The zero-order valence-corrected chi connectivity index (χ0v) is 12.2. The Labute approximate surface area is 130 Å². The molecule has 0 spiro atoms. The van der Waals surface area contributed by atoms with Crippen LogP contribution in [0.25, 0.3) is 17.1 Å². The van der Waals surface area contributed by atoms with E-state index < -0.39 is 11.7 Å². The van der Waals surface area contributed by atoms with Gasteiger partial charge in [-0.3, -0.25) is 0 Å². The van der Waals surface area contributed by atoms with E-state index in [1.807, 2.05) is 0 Å². The van der Waals surface area contributed by atoms with Gasteiger partial charge in [-0.1, -0.05) is 12.1 Å². The zero-order valence-electron chi connectivity index (χ0n) is 12.2. The van der Waals surface area contributed by atoms with Gasteiger partial charge in [-0.05, 0) is 36.4 Å². The minimum absolute atomic E-state index is 0.147. The summed E-state index contributed by atoms with van der Waals surface area (Å²) in [5.41, 5.74) is 0.954. The second-order valence-corrected chi connectivity index (χ2v) is 4.77. The summed E-state index contributed by atoms with van der Waals surface area (Å²) < 4.78 is 6.56. The first-order chi connectivity index (χ1) is 11.1. The minimum atomic E-state index is -1.02. The van der Waals surface area contributed by atoms with Crippen LogP contribution in [0.15, 0.2) is 53.3 Å². The van der Waals surface area contributed by atoms with Crippen molar-refractivity contribution in [2.24, 2.45) is 0 Å². The Hall–Kier alpha value is -3.35. The fraction of sp³-hybridized carbons (Fsp3) is 0.0625. The molecule has 0 aliphatic heterocycles. The topological polar surface area (TPSA) is 97.2 Å². The lowest BCUT2D eigenvalue weighted by Crippen LogP contribution is -2.15. The molecule has 1 aromatic heterocycles. The number of rotatable bonds is 4. The van der Waals surface area contributed by atoms with Gasteiger partial charge in [0.25, 0.3) is 0 Å². The lowest BCUT2D eigenvalue weighted by Gasteiger charge is -2.07. The second-order valence-electron chi connectivity index (χ2n) is 4.77. The van der Waals surface area contributed by atoms with Crippen molar-refractivity contribution in [1.29, 1.82) is 0 Å². The molecule has 0 fully saturated rings. The van der Waals surface area contributed by atoms with Crippen LogP contribution in [0.1, 0.15) is 10.4 Å². The summed E-state index contributed by atoms with van der Waals surface area (Å²) in [6.45, 7) is 0. The Bertz CT molecular complexity index is 910. The molecule has 23 heavy (non-hydrogen) atoms. The number of carboxylic acids is 1. The molecule has 0 amide bonds. The van der Waals surface area contributed by atoms with Gasteiger partial charge in [-0.2, -0.15) is 5.10 Å². The summed E-state index contributed by atoms with van der Waals surface area (Å²) in [5.74, 6) is 0.0341. The number of nitrogens with one attached hydrogen (secondary N) is 1. The van der Waals surface area contributed by atoms with Gasteiger partial charge in [0.1, 0.15) is 5.75 Å². The van der Waals surface area contributed by atoms with Crippen molar-refractivity contribution in [3.05, 3.63) is 64.6 Å². The van der Waals surface area contributed by atoms with Gasteiger partial charge in [0.05, 0.1) is 18.4 Å². The first kappa shape index (κ1) is 14.6. The molecule has 116 valence electrons. The number of nitrogens with zero attached hydrogens (tertiary/aromatic N) is 2. The molecule has 2 aromatic carbocycles. The van der Waals surface area contributed by atoms with E-state index in [1.165, 1.54) is 16.7 Å². The molecule has 0 aliphatic rings. The van der Waals surface area contributed by atoms with Gasteiger partial charge in [0.2, 0.25) is 0 Å². The van der Waals surface area contributed by atoms with Crippen molar-refractivity contribution < 1.29 is 14.6 Å². The van der Waals surface area contributed by atoms with E-state index in [2.05, 4.69) is 10.2 Å². The van der Waals surface area contributed by atoms with Crippen molar-refractivity contribution in [3.8, 4) is 22.8 Å². The number of carboxylic acid groups (broad SMARTS) is 1. The van der Waals surface area contributed by atoms with Crippen LogP contribution in [-0.4, -0.2) is 33.0 Å². The van der Waals surface area contributed by atoms with Crippen LogP contribution in [-0.2, 0) is 0 Å². The number of hydrogen-bond donors (Lipinski definition) is 2. The maximum Gasteiger partial charge on any atom is 0.348 e. The largest absolute Gasteiger partial charge is 0.497 e. The molecule has 0 radical (unpaired) electrons. The van der Waals surface area contributed by atoms with E-state index in [0.29, 0.717) is 22.8 Å². The van der Waals surface area contributed by atoms with E-state index in [-0.39, 0.29) is 5.56 Å². The van der Waals surface area contributed by atoms with Crippen LogP contribution in [0.3, 0.4) is 0 Å². The van der Waals surface area contributed by atoms with Gasteiger partial charge in [-0.15, -0.1) is 0 Å². The average molecular weight is 311 g/mol. The van der Waals surface area contributed by atoms with E-state index in [4.69, 9.17) is 9.84 Å². The normalized spacial score (nSPS) is 10.5. The fourth-order valence-electron chi connectivity index (χ4n) is 2.25. The molecule has 0 saturated heterocycles. The number of aromatic nitrogens is 3. The first-order valence-electron chi connectivity index (χ1n) is 6.75. The molecule has 1 heterocycles. The van der Waals surface area contributed by atoms with E-state index in [0.717, 1.165) is 0 Å². The first-order valence-corrected chi connectivity index (χ1v) is 6.75. The van der Waals surface area contributed by atoms with Crippen LogP contribution >= 0.6 is 0 Å². The molecule has 2 N–H and O–H groups in total. The summed E-state index contributed by atoms with van der Waals surface area (Å²) in [7, 11) is 1.56. The van der Waals surface area contributed by atoms with Crippen molar-refractivity contribution in [2.45, 2.75) is 0 Å². The molecule has 3 rings (SSSR count). The Balaban J connectivity index is 2.11. The number of benzene rings is 2. The Morgan fingerprint density at radius 1 is 1.22 bits per heavy atom. The van der Waals surface area contributed by atoms with E-state index in [1.54, 1.807) is 43.5 Å². The SMILES string of the molecule is COc1cccc(-c2n[nH]c(=O)n2-c2ccc(C(=O)O)cc2)c1. The van der Waals surface area contributed by atoms with Crippen molar-refractivity contribution in [1.82, 2.24) is 14.8 Å². The third-order valence-electron chi connectivity index (χ3n) is 3.37. The second kappa shape index (κ2) is 5.80. The Morgan fingerprint density at radius 2 is 1.96 bits per heavy atom. The highest BCUT2D eigenvalue weighted by Crippen LogP contribution is 2.23. The summed E-state index contributed by atoms with van der Waals surface area (Å²) in [6, 6.07) is 13.1. The molecule has 0 atom stereocenters. The number of carbonyl (C=O) groups is 1. The smallest absolute Gasteiger partial charge is 0.348 e. The number of aromatic carboxylic acids is 1. The monoisotopic (exact) mass is 311 g/mol. The highest BCUT2D eigenvalue weighted by molar-refractivity contribution is 5.87. The number of hydrogen-bond acceptors (Lipinski definition) is 4. The van der Waals surface area contributed by atoms with Crippen LogP contribution in [0, 0.1) is 0 Å². The quantitative estimate of drug-likeness (QED) is 0.767. The number of ether oxygens (including phenoxy) is 1. The van der Waals surface area contributed by atoms with E-state index >= 15 is 0 Å². The van der Waals surface area contributed by atoms with Crippen molar-refractivity contribution in [2.75, 3.05) is 7.11 Å². The zero-order chi connectivity index (χ0) is 16.4. The van der Waals surface area contributed by atoms with Gasteiger partial charge in [0, 0.05) is 5.56 Å². The molecular formula is C16H13N3O4. The van der Waals surface area contributed by atoms with Crippen LogP contribution < -0.4 is 10.4 Å². The van der Waals surface area contributed by atoms with Crippen molar-refractivity contribution >= 4 is 5.97 Å². The summed E-state index contributed by atoms with van der Waals surface area (Å²) >= 11 is 0. The third-order valence-corrected chi connectivity index (χ3v) is 3.37. The van der Waals surface area contributed by atoms with Crippen molar-refractivity contribution in [3.63, 3.8) is 0 Å². The molecule has 0 saturated carbocycles. The number of aromatic amines is 1. The highest BCUT2D eigenvalue weighted by atomic mass is 16.5. The number of methoxy groups -OCH3 is 1. The predicted octanol–water partition coefficient (Wildman–Crippen LogP) is 1.93. The average Bonchev–Trinajstić information content (AvgIpc) is 2.96. The molecule has 0 unspecified atom stereocenters. The molecule has 0 bridgehead atoms. The fourth-order valence-corrected chi connectivity index (χ4v) is 2.25. The minimum Gasteiger partial charge on any atom is -0.497 e. The number of H-pyrrole nitrogens is 1. The summed E-state index contributed by atoms with van der Waals surface area (Å²) in [4.78, 5) is 23.0. The lowest BCUT2D eigenvalue weighted by molar-refractivity contribution is 0.0697. The van der Waals surface area contributed by atoms with Gasteiger partial charge in [-0.25, -0.2) is 19.3 Å². The maximum atomic E-state index is 12.1. The Kier molecular flexibility index (Phi) is 3.68. The standard InChI is InChI=1S/C16H13N3O4/c1-23-13-4-2-3-11(9-13)14-17-18-16(22)19(14)12-7-5-10(6-8-12)15(20)21/h2-9H,1H3,(H,18,22)(H,20,21). The molecular weight excluding hydrogens is 298 g/mol. The van der Waals surface area contributed by atoms with Gasteiger partial charge < -0.3 is 9.84 Å². The highest BCUT2D eigenvalue weighted by Gasteiger charge is 2.13. The van der Waals surface area contributed by atoms with Crippen LogP contribution in [0.4, 0.5) is 0 Å². The van der Waals surface area contributed by atoms with Crippen LogP contribution in [0.5, 0.6) is 5.75 Å². The van der Waals surface area contributed by atoms with E-state index in [9.17, 15) is 9.59 Å². The van der Waals surface area contributed by atoms with Gasteiger partial charge >= 0.3 is 11.7 Å². The molecule has 7 nitrogen and oxygen atoms in total. The maximum absolute atomic E-state index is 12.1. The molecule has 3 aromatic rings.